The van der Waals surface area contributed by atoms with E-state index in [9.17, 15) is 0 Å². The Morgan fingerprint density at radius 1 is 1.62 bits per heavy atom. The zero-order chi connectivity index (χ0) is 9.42. The van der Waals surface area contributed by atoms with E-state index < -0.39 is 0 Å². The molecule has 1 aliphatic rings. The summed E-state index contributed by atoms with van der Waals surface area (Å²) in [6, 6.07) is 0.103. The van der Waals surface area contributed by atoms with Crippen molar-refractivity contribution in [2.45, 2.75) is 39.2 Å². The normalized spacial score (nSPS) is 24.1. The molecule has 0 aliphatic heterocycles. The molecule has 72 valence electrons. The molecule has 13 heavy (non-hydrogen) atoms. The maximum absolute atomic E-state index is 5.81. The number of nitrogens with two attached hydrogens (primary N) is 1. The van der Waals surface area contributed by atoms with Crippen LogP contribution in [0.25, 0.3) is 0 Å². The molecule has 2 rings (SSSR count). The first kappa shape index (κ1) is 9.16. The summed E-state index contributed by atoms with van der Waals surface area (Å²) in [4.78, 5) is 6.06. The molecule has 2 nitrogen and oxygen atoms in total. The van der Waals surface area contributed by atoms with Crippen LogP contribution in [0, 0.1) is 5.92 Å². The van der Waals surface area contributed by atoms with Crippen molar-refractivity contribution >= 4 is 11.3 Å². The third-order valence-electron chi connectivity index (χ3n) is 2.59. The molecule has 2 atom stereocenters. The molecule has 2 N–H and O–H groups in total. The summed E-state index contributed by atoms with van der Waals surface area (Å²) in [7, 11) is 0. The smallest absolute Gasteiger partial charge is 0.110 e. The summed E-state index contributed by atoms with van der Waals surface area (Å²) in [5, 5.41) is 1.11. The summed E-state index contributed by atoms with van der Waals surface area (Å²) >= 11 is 1.81. The van der Waals surface area contributed by atoms with Crippen LogP contribution in [-0.4, -0.2) is 4.98 Å². The van der Waals surface area contributed by atoms with E-state index in [2.05, 4.69) is 11.9 Å². The van der Waals surface area contributed by atoms with E-state index in [4.69, 9.17) is 5.73 Å². The van der Waals surface area contributed by atoms with Crippen LogP contribution in [0.4, 0.5) is 0 Å². The summed E-state index contributed by atoms with van der Waals surface area (Å²) in [6.07, 6.45) is 3.65. The topological polar surface area (TPSA) is 38.9 Å². The fourth-order valence-corrected chi connectivity index (χ4v) is 2.98. The molecule has 1 aromatic rings. The molecule has 1 heterocycles. The van der Waals surface area contributed by atoms with Crippen molar-refractivity contribution in [2.75, 3.05) is 0 Å². The van der Waals surface area contributed by atoms with Crippen LogP contribution in [-0.2, 0) is 12.8 Å². The molecular weight excluding hydrogens is 180 g/mol. The van der Waals surface area contributed by atoms with E-state index in [0.29, 0.717) is 0 Å². The molecule has 0 saturated heterocycles. The highest BCUT2D eigenvalue weighted by atomic mass is 32.1. The Morgan fingerprint density at radius 2 is 2.38 bits per heavy atom. The minimum absolute atomic E-state index is 0.103. The molecule has 0 bridgehead atoms. The average Bonchev–Trinajstić information content (AvgIpc) is 2.46. The number of nitrogens with zero attached hydrogens (tertiary/aromatic N) is 1. The van der Waals surface area contributed by atoms with Crippen LogP contribution in [0.15, 0.2) is 0 Å². The summed E-state index contributed by atoms with van der Waals surface area (Å²) in [5.74, 6) is 0.828. The van der Waals surface area contributed by atoms with Crippen molar-refractivity contribution in [3.8, 4) is 0 Å². The molecule has 1 aromatic heterocycles. The maximum Gasteiger partial charge on any atom is 0.110 e. The Hall–Kier alpha value is -0.410. The number of fused-ring (bicyclic) bond motifs is 1. The zero-order valence-corrected chi connectivity index (χ0v) is 9.03. The van der Waals surface area contributed by atoms with Crippen molar-refractivity contribution in [1.29, 1.82) is 0 Å². The molecule has 0 amide bonds. The Balaban J connectivity index is 2.28. The molecule has 0 fully saturated rings. The van der Waals surface area contributed by atoms with Gasteiger partial charge in [0, 0.05) is 4.88 Å². The lowest BCUT2D eigenvalue weighted by Crippen LogP contribution is -2.09. The Kier molecular flexibility index (Phi) is 2.39. The molecule has 0 aromatic carbocycles. The molecule has 1 aliphatic carbocycles. The van der Waals surface area contributed by atoms with Crippen LogP contribution < -0.4 is 5.73 Å². The first-order valence-electron chi connectivity index (χ1n) is 4.91. The standard InChI is InChI=1S/C10H16N2S/c1-6-3-4-8-9(5-6)13-10(12-8)7(2)11/h6-7H,3-5,11H2,1-2H3/t6?,7-/m0/s1. The van der Waals surface area contributed by atoms with Crippen molar-refractivity contribution in [3.63, 3.8) is 0 Å². The monoisotopic (exact) mass is 196 g/mol. The van der Waals surface area contributed by atoms with E-state index in [1.165, 1.54) is 23.4 Å². The lowest BCUT2D eigenvalue weighted by atomic mass is 9.93. The third-order valence-corrected chi connectivity index (χ3v) is 3.91. The molecule has 0 spiro atoms. The number of hydrogen-bond donors (Lipinski definition) is 1. The highest BCUT2D eigenvalue weighted by Gasteiger charge is 2.20. The Morgan fingerprint density at radius 3 is 3.08 bits per heavy atom. The van der Waals surface area contributed by atoms with Gasteiger partial charge in [-0.05, 0) is 32.1 Å². The van der Waals surface area contributed by atoms with Gasteiger partial charge in [-0.15, -0.1) is 11.3 Å². The minimum Gasteiger partial charge on any atom is -0.322 e. The molecule has 0 saturated carbocycles. The van der Waals surface area contributed by atoms with Gasteiger partial charge in [-0.3, -0.25) is 0 Å². The van der Waals surface area contributed by atoms with E-state index in [1.54, 1.807) is 0 Å². The van der Waals surface area contributed by atoms with Gasteiger partial charge < -0.3 is 5.73 Å². The van der Waals surface area contributed by atoms with E-state index >= 15 is 0 Å². The molecule has 0 radical (unpaired) electrons. The SMILES string of the molecule is CC1CCc2nc([C@H](C)N)sc2C1. The predicted octanol–water partition coefficient (Wildman–Crippen LogP) is 2.29. The zero-order valence-electron chi connectivity index (χ0n) is 8.21. The fraction of sp³-hybridized carbons (Fsp3) is 0.700. The summed E-state index contributed by atoms with van der Waals surface area (Å²) in [5.41, 5.74) is 7.12. The van der Waals surface area contributed by atoms with Gasteiger partial charge in [-0.2, -0.15) is 0 Å². The van der Waals surface area contributed by atoms with Crippen molar-refractivity contribution < 1.29 is 0 Å². The summed E-state index contributed by atoms with van der Waals surface area (Å²) in [6.45, 7) is 4.32. The van der Waals surface area contributed by atoms with Gasteiger partial charge in [-0.25, -0.2) is 4.98 Å². The van der Waals surface area contributed by atoms with Crippen LogP contribution in [0.3, 0.4) is 0 Å². The van der Waals surface area contributed by atoms with Gasteiger partial charge in [-0.1, -0.05) is 6.92 Å². The van der Waals surface area contributed by atoms with Crippen LogP contribution in [0.5, 0.6) is 0 Å². The van der Waals surface area contributed by atoms with Gasteiger partial charge in [0.1, 0.15) is 5.01 Å². The number of hydrogen-bond acceptors (Lipinski definition) is 3. The van der Waals surface area contributed by atoms with Gasteiger partial charge in [0.15, 0.2) is 0 Å². The number of thiazole rings is 1. The first-order chi connectivity index (χ1) is 6.16. The van der Waals surface area contributed by atoms with Gasteiger partial charge in [0.05, 0.1) is 11.7 Å². The van der Waals surface area contributed by atoms with E-state index in [1.807, 2.05) is 18.3 Å². The highest BCUT2D eigenvalue weighted by molar-refractivity contribution is 7.11. The second kappa shape index (κ2) is 3.39. The van der Waals surface area contributed by atoms with Crippen LogP contribution in [0.1, 0.15) is 41.9 Å². The van der Waals surface area contributed by atoms with Gasteiger partial charge in [0.2, 0.25) is 0 Å². The Labute approximate surface area is 83.2 Å². The molecule has 3 heteroatoms. The van der Waals surface area contributed by atoms with Crippen molar-refractivity contribution in [1.82, 2.24) is 4.98 Å². The van der Waals surface area contributed by atoms with E-state index in [-0.39, 0.29) is 6.04 Å². The average molecular weight is 196 g/mol. The number of rotatable bonds is 1. The number of aromatic nitrogens is 1. The first-order valence-corrected chi connectivity index (χ1v) is 5.72. The minimum atomic E-state index is 0.103. The van der Waals surface area contributed by atoms with Crippen LogP contribution >= 0.6 is 11.3 Å². The van der Waals surface area contributed by atoms with Crippen molar-refractivity contribution in [2.24, 2.45) is 11.7 Å². The van der Waals surface area contributed by atoms with E-state index in [0.717, 1.165) is 17.3 Å². The fourth-order valence-electron chi connectivity index (χ4n) is 1.75. The second-order valence-electron chi connectivity index (χ2n) is 4.06. The molecular formula is C10H16N2S. The van der Waals surface area contributed by atoms with Gasteiger partial charge >= 0.3 is 0 Å². The quantitative estimate of drug-likeness (QED) is 0.748. The van der Waals surface area contributed by atoms with Crippen LogP contribution in [0.2, 0.25) is 0 Å². The summed E-state index contributed by atoms with van der Waals surface area (Å²) < 4.78 is 0. The largest absolute Gasteiger partial charge is 0.322 e. The lowest BCUT2D eigenvalue weighted by molar-refractivity contribution is 0.501. The second-order valence-corrected chi connectivity index (χ2v) is 5.17. The Bertz CT molecular complexity index is 304. The predicted molar refractivity (Wildman–Crippen MR) is 55.9 cm³/mol. The highest BCUT2D eigenvalue weighted by Crippen LogP contribution is 2.31. The third kappa shape index (κ3) is 1.76. The lowest BCUT2D eigenvalue weighted by Gasteiger charge is -2.15. The molecule has 1 unspecified atom stereocenters. The maximum atomic E-state index is 5.81. The van der Waals surface area contributed by atoms with Gasteiger partial charge in [0.25, 0.3) is 0 Å². The van der Waals surface area contributed by atoms with Crippen molar-refractivity contribution in [3.05, 3.63) is 15.6 Å². The number of aryl methyl sites for hydroxylation is 1.